The highest BCUT2D eigenvalue weighted by Crippen LogP contribution is 2.44. The maximum Gasteiger partial charge on any atom is 0.343 e. The summed E-state index contributed by atoms with van der Waals surface area (Å²) in [5.74, 6) is 0.296. The van der Waals surface area contributed by atoms with Crippen LogP contribution >= 0.6 is 0 Å². The van der Waals surface area contributed by atoms with Crippen molar-refractivity contribution in [3.8, 4) is 5.88 Å². The fraction of sp³-hybridized carbons (Fsp3) is 0.516. The SMILES string of the molecule is COc1nc(N2CCC[C@@H]2CN(C)C)c([N+](=O)[O-])cc1Nc1ncc(C(=O)OC(C)C)c(N2CC(C)(C)c3nc(C)ccc32)n1. The third kappa shape index (κ3) is 6.46. The van der Waals surface area contributed by atoms with E-state index in [1.807, 2.05) is 43.0 Å². The van der Waals surface area contributed by atoms with E-state index in [1.165, 1.54) is 19.4 Å². The van der Waals surface area contributed by atoms with Crippen molar-refractivity contribution >= 4 is 40.6 Å². The quantitative estimate of drug-likeness (QED) is 0.189. The van der Waals surface area contributed by atoms with Gasteiger partial charge in [0.2, 0.25) is 17.6 Å². The number of carbonyl (C=O) groups excluding carboxylic acids is 1. The van der Waals surface area contributed by atoms with Gasteiger partial charge in [0.25, 0.3) is 0 Å². The largest absolute Gasteiger partial charge is 0.479 e. The number of nitrogens with zero attached hydrogens (tertiary/aromatic N) is 8. The van der Waals surface area contributed by atoms with Crippen LogP contribution in [-0.2, 0) is 10.2 Å². The lowest BCUT2D eigenvalue weighted by Gasteiger charge is -2.28. The second kappa shape index (κ2) is 12.4. The summed E-state index contributed by atoms with van der Waals surface area (Å²) in [4.78, 5) is 49.7. The Kier molecular flexibility index (Phi) is 8.79. The molecule has 45 heavy (non-hydrogen) atoms. The first kappa shape index (κ1) is 31.8. The number of aryl methyl sites for hydroxylation is 1. The lowest BCUT2D eigenvalue weighted by atomic mass is 9.91. The Morgan fingerprint density at radius 2 is 1.98 bits per heavy atom. The van der Waals surface area contributed by atoms with Gasteiger partial charge in [0.05, 0.1) is 29.5 Å². The number of hydrogen-bond donors (Lipinski definition) is 1. The van der Waals surface area contributed by atoms with Gasteiger partial charge in [-0.2, -0.15) is 9.97 Å². The second-order valence-electron chi connectivity index (χ2n) is 12.7. The van der Waals surface area contributed by atoms with Crippen LogP contribution in [0.4, 0.5) is 34.6 Å². The van der Waals surface area contributed by atoms with Crippen molar-refractivity contribution in [2.75, 3.05) is 56.0 Å². The average molecular weight is 620 g/mol. The van der Waals surface area contributed by atoms with Crippen molar-refractivity contribution in [1.29, 1.82) is 0 Å². The van der Waals surface area contributed by atoms with E-state index < -0.39 is 10.9 Å². The first-order valence-electron chi connectivity index (χ1n) is 15.0. The molecular weight excluding hydrogens is 578 g/mol. The highest BCUT2D eigenvalue weighted by Gasteiger charge is 2.40. The molecule has 1 fully saturated rings. The van der Waals surface area contributed by atoms with Gasteiger partial charge in [0.1, 0.15) is 11.3 Å². The molecule has 0 amide bonds. The maximum absolute atomic E-state index is 13.2. The van der Waals surface area contributed by atoms with Crippen molar-refractivity contribution < 1.29 is 19.2 Å². The number of fused-ring (bicyclic) bond motifs is 1. The van der Waals surface area contributed by atoms with Crippen LogP contribution in [0, 0.1) is 17.0 Å². The summed E-state index contributed by atoms with van der Waals surface area (Å²) in [6, 6.07) is 5.37. The van der Waals surface area contributed by atoms with E-state index >= 15 is 0 Å². The molecular formula is C31H41N9O5. The summed E-state index contributed by atoms with van der Waals surface area (Å²) in [7, 11) is 5.42. The first-order valence-corrected chi connectivity index (χ1v) is 15.0. The molecule has 0 aliphatic carbocycles. The molecule has 0 spiro atoms. The van der Waals surface area contributed by atoms with Gasteiger partial charge in [0.15, 0.2) is 5.82 Å². The lowest BCUT2D eigenvalue weighted by molar-refractivity contribution is -0.384. The fourth-order valence-corrected chi connectivity index (χ4v) is 5.98. The highest BCUT2D eigenvalue weighted by molar-refractivity contribution is 5.96. The number of nitrogens with one attached hydrogen (secondary N) is 1. The van der Waals surface area contributed by atoms with Crippen LogP contribution in [0.3, 0.4) is 0 Å². The summed E-state index contributed by atoms with van der Waals surface area (Å²) >= 11 is 0. The zero-order chi connectivity index (χ0) is 32.6. The second-order valence-corrected chi connectivity index (χ2v) is 12.7. The number of pyridine rings is 2. The van der Waals surface area contributed by atoms with E-state index in [2.05, 4.69) is 34.0 Å². The molecule has 0 bridgehead atoms. The highest BCUT2D eigenvalue weighted by atomic mass is 16.6. The number of likely N-dealkylation sites (N-methyl/N-ethyl adjacent to an activating group) is 1. The Morgan fingerprint density at radius 1 is 1.22 bits per heavy atom. The lowest BCUT2D eigenvalue weighted by Crippen LogP contribution is -2.38. The van der Waals surface area contributed by atoms with E-state index in [1.54, 1.807) is 13.8 Å². The molecule has 14 nitrogen and oxygen atoms in total. The normalized spacial score (nSPS) is 17.2. The molecule has 0 saturated carbocycles. The minimum Gasteiger partial charge on any atom is -0.479 e. The molecule has 1 saturated heterocycles. The monoisotopic (exact) mass is 619 g/mol. The van der Waals surface area contributed by atoms with Gasteiger partial charge in [-0.25, -0.2) is 9.78 Å². The Labute approximate surface area is 262 Å². The summed E-state index contributed by atoms with van der Waals surface area (Å²) in [6.45, 7) is 11.6. The molecule has 1 atom stereocenters. The average Bonchev–Trinajstić information content (AvgIpc) is 3.52. The van der Waals surface area contributed by atoms with Crippen LogP contribution < -0.4 is 19.9 Å². The minimum absolute atomic E-state index is 0.0876. The minimum atomic E-state index is -0.560. The summed E-state index contributed by atoms with van der Waals surface area (Å²) in [5, 5.41) is 15.4. The van der Waals surface area contributed by atoms with Crippen molar-refractivity contribution in [2.45, 2.75) is 65.0 Å². The van der Waals surface area contributed by atoms with Gasteiger partial charge in [-0.3, -0.25) is 15.1 Å². The third-order valence-corrected chi connectivity index (χ3v) is 7.90. The van der Waals surface area contributed by atoms with Gasteiger partial charge in [-0.05, 0) is 59.8 Å². The number of aromatic nitrogens is 4. The van der Waals surface area contributed by atoms with E-state index in [-0.39, 0.29) is 52.1 Å². The first-order chi connectivity index (χ1) is 21.3. The zero-order valence-electron chi connectivity index (χ0n) is 27.1. The van der Waals surface area contributed by atoms with E-state index in [9.17, 15) is 14.9 Å². The molecule has 5 heterocycles. The number of esters is 1. The molecule has 1 N–H and O–H groups in total. The molecule has 0 aromatic carbocycles. The topological polar surface area (TPSA) is 152 Å². The van der Waals surface area contributed by atoms with Crippen molar-refractivity contribution in [3.63, 3.8) is 0 Å². The zero-order valence-corrected chi connectivity index (χ0v) is 27.1. The molecule has 2 aliphatic heterocycles. The number of hydrogen-bond acceptors (Lipinski definition) is 13. The molecule has 0 radical (unpaired) electrons. The van der Waals surface area contributed by atoms with Crippen LogP contribution in [0.2, 0.25) is 0 Å². The molecule has 3 aromatic rings. The van der Waals surface area contributed by atoms with Crippen molar-refractivity contribution in [1.82, 2.24) is 24.8 Å². The Hall–Kier alpha value is -4.59. The van der Waals surface area contributed by atoms with Crippen LogP contribution in [0.25, 0.3) is 0 Å². The van der Waals surface area contributed by atoms with Gasteiger partial charge in [0, 0.05) is 49.0 Å². The molecule has 14 heteroatoms. The smallest absolute Gasteiger partial charge is 0.343 e. The van der Waals surface area contributed by atoms with Gasteiger partial charge >= 0.3 is 11.7 Å². The van der Waals surface area contributed by atoms with Crippen LogP contribution in [0.15, 0.2) is 24.4 Å². The van der Waals surface area contributed by atoms with Gasteiger partial charge in [-0.1, -0.05) is 13.8 Å². The Bertz CT molecular complexity index is 1610. The predicted octanol–water partition coefficient (Wildman–Crippen LogP) is 4.76. The van der Waals surface area contributed by atoms with Crippen molar-refractivity contribution in [3.05, 3.63) is 51.5 Å². The number of rotatable bonds is 10. The van der Waals surface area contributed by atoms with Gasteiger partial charge in [-0.15, -0.1) is 0 Å². The van der Waals surface area contributed by atoms with Crippen LogP contribution in [-0.4, -0.2) is 88.7 Å². The number of ether oxygens (including phenoxy) is 2. The number of carbonyl (C=O) groups is 1. The molecule has 2 aliphatic rings. The summed E-state index contributed by atoms with van der Waals surface area (Å²) < 4.78 is 11.1. The third-order valence-electron chi connectivity index (χ3n) is 7.90. The molecule has 5 rings (SSSR count). The Balaban J connectivity index is 1.57. The molecule has 0 unspecified atom stereocenters. The van der Waals surface area contributed by atoms with Crippen LogP contribution in [0.1, 0.15) is 62.3 Å². The predicted molar refractivity (Wildman–Crippen MR) is 171 cm³/mol. The maximum atomic E-state index is 13.2. The van der Waals surface area contributed by atoms with Gasteiger partial charge < -0.3 is 29.5 Å². The fourth-order valence-electron chi connectivity index (χ4n) is 5.98. The standard InChI is InChI=1S/C31H41N9O5/c1-18(2)45-29(41)21-15-32-30(36-26(21)39-17-31(4,5)25-23(39)12-11-19(3)33-25)34-22-14-24(40(42)43)27(35-28(22)44-8)38-13-9-10-20(38)16-37(6)7/h11-12,14-15,18,20H,9-10,13,16-17H2,1-8H3,(H,32,34,36)/t20-/m1/s1. The van der Waals surface area contributed by atoms with E-state index in [0.717, 1.165) is 36.5 Å². The van der Waals surface area contributed by atoms with Crippen LogP contribution in [0.5, 0.6) is 5.88 Å². The molecule has 240 valence electrons. The summed E-state index contributed by atoms with van der Waals surface area (Å²) in [6.07, 6.45) is 2.87. The van der Waals surface area contributed by atoms with Crippen molar-refractivity contribution in [2.24, 2.45) is 0 Å². The molecule has 3 aromatic heterocycles. The van der Waals surface area contributed by atoms with E-state index in [0.29, 0.717) is 18.9 Å². The number of methoxy groups -OCH3 is 1. The summed E-state index contributed by atoms with van der Waals surface area (Å²) in [5.41, 5.74) is 2.53. The number of nitro groups is 1. The number of anilines is 5. The van der Waals surface area contributed by atoms with E-state index in [4.69, 9.17) is 19.4 Å². The Morgan fingerprint density at radius 3 is 2.64 bits per heavy atom.